The smallest absolute Gasteiger partial charge is 0.127 e. The van der Waals surface area contributed by atoms with Gasteiger partial charge in [0.25, 0.3) is 0 Å². The molecule has 0 spiro atoms. The van der Waals surface area contributed by atoms with Gasteiger partial charge in [-0.15, -0.1) is 0 Å². The van der Waals surface area contributed by atoms with Crippen molar-refractivity contribution >= 4 is 34.0 Å². The normalized spacial score (nSPS) is 22.6. The average Bonchev–Trinajstić information content (AvgIpc) is 2.75. The number of benzene rings is 1. The van der Waals surface area contributed by atoms with Gasteiger partial charge in [0.15, 0.2) is 0 Å². The van der Waals surface area contributed by atoms with Gasteiger partial charge in [0, 0.05) is 10.4 Å². The fraction of sp³-hybridized carbons (Fsp3) is 0.417. The van der Waals surface area contributed by atoms with Crippen molar-refractivity contribution in [2.75, 3.05) is 11.5 Å². The number of carbonyl (C=O) groups is 1. The van der Waals surface area contributed by atoms with E-state index in [1.165, 1.54) is 5.75 Å². The fourth-order valence-electron chi connectivity index (χ4n) is 2.02. The first-order valence-corrected chi connectivity index (χ1v) is 7.05. The Kier molecular flexibility index (Phi) is 3.87. The number of aldehydes is 1. The van der Waals surface area contributed by atoms with E-state index < -0.39 is 0 Å². The van der Waals surface area contributed by atoms with Gasteiger partial charge in [0.1, 0.15) is 6.29 Å². The largest absolute Gasteiger partial charge is 0.303 e. The van der Waals surface area contributed by atoms with Crippen LogP contribution in [0.3, 0.4) is 0 Å². The Bertz CT molecular complexity index is 347. The van der Waals surface area contributed by atoms with Crippen LogP contribution in [0.1, 0.15) is 17.9 Å². The van der Waals surface area contributed by atoms with Crippen molar-refractivity contribution in [3.63, 3.8) is 0 Å². The van der Waals surface area contributed by atoms with Crippen LogP contribution in [0, 0.1) is 5.92 Å². The molecular formula is C12H13BrOS. The molecule has 80 valence electrons. The molecule has 15 heavy (non-hydrogen) atoms. The van der Waals surface area contributed by atoms with E-state index in [-0.39, 0.29) is 5.92 Å². The zero-order valence-corrected chi connectivity index (χ0v) is 10.8. The predicted molar refractivity (Wildman–Crippen MR) is 68.4 cm³/mol. The molecule has 1 aromatic rings. The summed E-state index contributed by atoms with van der Waals surface area (Å²) in [4.78, 5) is 11.2. The number of halogens is 1. The van der Waals surface area contributed by atoms with Crippen molar-refractivity contribution in [1.29, 1.82) is 0 Å². The Morgan fingerprint density at radius 2 is 2.27 bits per heavy atom. The molecule has 0 saturated carbocycles. The highest BCUT2D eigenvalue weighted by atomic mass is 79.9. The maximum atomic E-state index is 11.2. The number of carbonyl (C=O) groups excluding carboxylic acids is 1. The summed E-state index contributed by atoms with van der Waals surface area (Å²) < 4.78 is 1.05. The van der Waals surface area contributed by atoms with Crippen LogP contribution < -0.4 is 0 Å². The molecular weight excluding hydrogens is 272 g/mol. The first-order valence-electron chi connectivity index (χ1n) is 5.10. The molecule has 0 amide bonds. The molecule has 1 nitrogen and oxygen atoms in total. The first kappa shape index (κ1) is 11.2. The second-order valence-corrected chi connectivity index (χ2v) is 5.81. The lowest BCUT2D eigenvalue weighted by Crippen LogP contribution is -2.14. The minimum Gasteiger partial charge on any atom is -0.303 e. The highest BCUT2D eigenvalue weighted by Crippen LogP contribution is 2.37. The summed E-state index contributed by atoms with van der Waals surface area (Å²) in [6, 6.07) is 8.04. The molecule has 0 bridgehead atoms. The van der Waals surface area contributed by atoms with Crippen LogP contribution in [0.5, 0.6) is 0 Å². The molecule has 1 saturated heterocycles. The van der Waals surface area contributed by atoms with Crippen LogP contribution in [-0.4, -0.2) is 17.8 Å². The zero-order valence-electron chi connectivity index (χ0n) is 8.36. The summed E-state index contributed by atoms with van der Waals surface area (Å²) in [6.07, 6.45) is 2.27. The lowest BCUT2D eigenvalue weighted by molar-refractivity contribution is -0.109. The van der Waals surface area contributed by atoms with E-state index in [2.05, 4.69) is 15.9 Å². The standard InChI is InChI=1S/C12H13BrOS/c13-12-4-2-1-3-10(12)11(7-14)9-5-6-15-8-9/h1-4,7,9,11H,5-6,8H2. The molecule has 1 aromatic carbocycles. The quantitative estimate of drug-likeness (QED) is 0.791. The summed E-state index contributed by atoms with van der Waals surface area (Å²) >= 11 is 5.47. The van der Waals surface area contributed by atoms with Crippen molar-refractivity contribution in [2.24, 2.45) is 5.92 Å². The van der Waals surface area contributed by atoms with E-state index in [4.69, 9.17) is 0 Å². The van der Waals surface area contributed by atoms with E-state index in [9.17, 15) is 4.79 Å². The average molecular weight is 285 g/mol. The lowest BCUT2D eigenvalue weighted by Gasteiger charge is -2.18. The van der Waals surface area contributed by atoms with E-state index >= 15 is 0 Å². The Morgan fingerprint density at radius 1 is 1.47 bits per heavy atom. The zero-order chi connectivity index (χ0) is 10.7. The molecule has 1 heterocycles. The summed E-state index contributed by atoms with van der Waals surface area (Å²) in [7, 11) is 0. The fourth-order valence-corrected chi connectivity index (χ4v) is 3.88. The van der Waals surface area contributed by atoms with Gasteiger partial charge in [-0.3, -0.25) is 0 Å². The second-order valence-electron chi connectivity index (χ2n) is 3.81. The Balaban J connectivity index is 2.26. The van der Waals surface area contributed by atoms with Crippen LogP contribution >= 0.6 is 27.7 Å². The van der Waals surface area contributed by atoms with Crippen molar-refractivity contribution in [1.82, 2.24) is 0 Å². The van der Waals surface area contributed by atoms with Crippen molar-refractivity contribution in [2.45, 2.75) is 12.3 Å². The molecule has 0 radical (unpaired) electrons. The Hall–Kier alpha value is -0.280. The molecule has 2 rings (SSSR count). The Morgan fingerprint density at radius 3 is 2.87 bits per heavy atom. The van der Waals surface area contributed by atoms with Gasteiger partial charge in [-0.1, -0.05) is 34.1 Å². The van der Waals surface area contributed by atoms with Crippen molar-refractivity contribution in [3.8, 4) is 0 Å². The molecule has 0 aliphatic carbocycles. The number of hydrogen-bond acceptors (Lipinski definition) is 2. The van der Waals surface area contributed by atoms with Crippen LogP contribution in [0.4, 0.5) is 0 Å². The summed E-state index contributed by atoms with van der Waals surface area (Å²) in [6.45, 7) is 0. The SMILES string of the molecule is O=CC(c1ccccc1Br)C1CCSC1. The van der Waals surface area contributed by atoms with E-state index in [1.54, 1.807) is 0 Å². The van der Waals surface area contributed by atoms with Gasteiger partial charge in [0.05, 0.1) is 0 Å². The van der Waals surface area contributed by atoms with Gasteiger partial charge >= 0.3 is 0 Å². The summed E-state index contributed by atoms with van der Waals surface area (Å²) in [5.74, 6) is 2.89. The molecule has 2 atom stereocenters. The van der Waals surface area contributed by atoms with E-state index in [0.717, 1.165) is 28.5 Å². The molecule has 0 aromatic heterocycles. The van der Waals surface area contributed by atoms with Crippen LogP contribution in [0.2, 0.25) is 0 Å². The van der Waals surface area contributed by atoms with Gasteiger partial charge < -0.3 is 4.79 Å². The van der Waals surface area contributed by atoms with Crippen molar-refractivity contribution < 1.29 is 4.79 Å². The predicted octanol–water partition coefficient (Wildman–Crippen LogP) is 3.48. The van der Waals surface area contributed by atoms with E-state index in [1.807, 2.05) is 36.0 Å². The molecule has 2 unspecified atom stereocenters. The summed E-state index contributed by atoms with van der Waals surface area (Å²) in [5.41, 5.74) is 1.14. The first-order chi connectivity index (χ1) is 7.33. The lowest BCUT2D eigenvalue weighted by atomic mass is 9.87. The monoisotopic (exact) mass is 284 g/mol. The Labute approximate surface area is 103 Å². The molecule has 1 aliphatic rings. The number of hydrogen-bond donors (Lipinski definition) is 0. The molecule has 1 aliphatic heterocycles. The van der Waals surface area contributed by atoms with Crippen LogP contribution in [0.25, 0.3) is 0 Å². The number of thioether (sulfide) groups is 1. The highest BCUT2D eigenvalue weighted by Gasteiger charge is 2.27. The van der Waals surface area contributed by atoms with Crippen LogP contribution in [-0.2, 0) is 4.79 Å². The van der Waals surface area contributed by atoms with Gasteiger partial charge in [-0.25, -0.2) is 0 Å². The van der Waals surface area contributed by atoms with Crippen molar-refractivity contribution in [3.05, 3.63) is 34.3 Å². The number of rotatable bonds is 3. The maximum Gasteiger partial charge on any atom is 0.127 e. The molecule has 0 N–H and O–H groups in total. The van der Waals surface area contributed by atoms with Gasteiger partial charge in [-0.2, -0.15) is 11.8 Å². The topological polar surface area (TPSA) is 17.1 Å². The third-order valence-electron chi connectivity index (χ3n) is 2.88. The molecule has 3 heteroatoms. The van der Waals surface area contributed by atoms with E-state index in [0.29, 0.717) is 5.92 Å². The maximum absolute atomic E-state index is 11.2. The second kappa shape index (κ2) is 5.17. The summed E-state index contributed by atoms with van der Waals surface area (Å²) in [5, 5.41) is 0. The highest BCUT2D eigenvalue weighted by molar-refractivity contribution is 9.10. The van der Waals surface area contributed by atoms with Gasteiger partial charge in [-0.05, 0) is 35.5 Å². The molecule has 1 fully saturated rings. The van der Waals surface area contributed by atoms with Gasteiger partial charge in [0.2, 0.25) is 0 Å². The third kappa shape index (κ3) is 2.45. The minimum atomic E-state index is 0.0653. The third-order valence-corrected chi connectivity index (χ3v) is 4.79. The van der Waals surface area contributed by atoms with Crippen LogP contribution in [0.15, 0.2) is 28.7 Å². The minimum absolute atomic E-state index is 0.0653.